The minimum Gasteiger partial charge on any atom is -0.406 e. The SMILES string of the molecule is CNc1nnc(CCCCO)s1.O=CCc1cccc(OC(F)(F)F)c1. The number of nitrogens with one attached hydrogen (secondary N) is 1. The second kappa shape index (κ2) is 11.4. The van der Waals surface area contributed by atoms with Crippen molar-refractivity contribution in [2.45, 2.75) is 32.0 Å². The number of rotatable bonds is 8. The van der Waals surface area contributed by atoms with E-state index in [9.17, 15) is 18.0 Å². The zero-order chi connectivity index (χ0) is 19.4. The van der Waals surface area contributed by atoms with Crippen molar-refractivity contribution in [2.75, 3.05) is 19.0 Å². The summed E-state index contributed by atoms with van der Waals surface area (Å²) in [6, 6.07) is 5.32. The van der Waals surface area contributed by atoms with Crippen LogP contribution in [0.3, 0.4) is 0 Å². The maximum atomic E-state index is 11.8. The molecule has 1 heterocycles. The third kappa shape index (κ3) is 9.33. The summed E-state index contributed by atoms with van der Waals surface area (Å²) in [6.07, 6.45) is -1.26. The number of carbonyl (C=O) groups is 1. The second-order valence-electron chi connectivity index (χ2n) is 5.00. The van der Waals surface area contributed by atoms with Gasteiger partial charge < -0.3 is 20.0 Å². The number of aliphatic hydroxyl groups excluding tert-OH is 1. The van der Waals surface area contributed by atoms with Gasteiger partial charge in [-0.2, -0.15) is 0 Å². The number of aldehydes is 1. The number of aromatic nitrogens is 2. The van der Waals surface area contributed by atoms with E-state index in [0.29, 0.717) is 11.8 Å². The molecular weight excluding hydrogens is 371 g/mol. The van der Waals surface area contributed by atoms with E-state index in [0.717, 1.165) is 29.4 Å². The molecule has 1 aromatic carbocycles. The molecule has 2 N–H and O–H groups in total. The van der Waals surface area contributed by atoms with Gasteiger partial charge in [-0.1, -0.05) is 23.5 Å². The number of nitrogens with zero attached hydrogens (tertiary/aromatic N) is 2. The van der Waals surface area contributed by atoms with Crippen LogP contribution in [0.4, 0.5) is 18.3 Å². The summed E-state index contributed by atoms with van der Waals surface area (Å²) in [6.45, 7) is 0.262. The van der Waals surface area contributed by atoms with Crippen LogP contribution in [-0.4, -0.2) is 41.6 Å². The van der Waals surface area contributed by atoms with Crippen LogP contribution in [-0.2, 0) is 17.6 Å². The van der Waals surface area contributed by atoms with E-state index in [1.807, 2.05) is 7.05 Å². The van der Waals surface area contributed by atoms with Crippen molar-refractivity contribution < 1.29 is 27.8 Å². The molecule has 1 aromatic heterocycles. The minimum absolute atomic E-state index is 0.0784. The summed E-state index contributed by atoms with van der Waals surface area (Å²) in [7, 11) is 1.83. The number of alkyl halides is 3. The van der Waals surface area contributed by atoms with Gasteiger partial charge in [-0.25, -0.2) is 0 Å². The lowest BCUT2D eigenvalue weighted by molar-refractivity contribution is -0.274. The van der Waals surface area contributed by atoms with Crippen molar-refractivity contribution >= 4 is 22.8 Å². The van der Waals surface area contributed by atoms with Crippen LogP contribution in [0.25, 0.3) is 0 Å². The largest absolute Gasteiger partial charge is 0.573 e. The molecule has 0 aliphatic carbocycles. The molecule has 144 valence electrons. The average molecular weight is 391 g/mol. The topological polar surface area (TPSA) is 84.3 Å². The number of benzene rings is 1. The lowest BCUT2D eigenvalue weighted by Crippen LogP contribution is -2.17. The highest BCUT2D eigenvalue weighted by Gasteiger charge is 2.31. The number of aliphatic hydroxyl groups is 1. The first-order chi connectivity index (χ1) is 12.4. The van der Waals surface area contributed by atoms with E-state index in [2.05, 4.69) is 20.3 Å². The fourth-order valence-electron chi connectivity index (χ4n) is 1.81. The highest BCUT2D eigenvalue weighted by molar-refractivity contribution is 7.15. The van der Waals surface area contributed by atoms with Gasteiger partial charge in [-0.15, -0.1) is 23.4 Å². The Bertz CT molecular complexity index is 665. The lowest BCUT2D eigenvalue weighted by atomic mass is 10.2. The van der Waals surface area contributed by atoms with Crippen LogP contribution >= 0.6 is 11.3 Å². The van der Waals surface area contributed by atoms with Crippen molar-refractivity contribution in [3.63, 3.8) is 0 Å². The second-order valence-corrected chi connectivity index (χ2v) is 6.06. The van der Waals surface area contributed by atoms with Crippen molar-refractivity contribution in [2.24, 2.45) is 0 Å². The zero-order valence-corrected chi connectivity index (χ0v) is 14.9. The standard InChI is InChI=1S/C9H7F3O2.C7H13N3OS/c10-9(11,12)14-8-3-1-2-7(6-8)4-5-13;1-8-7-10-9-6(12-7)4-2-3-5-11/h1-3,5-6H,4H2;11H,2-5H2,1H3,(H,8,10). The molecule has 0 saturated heterocycles. The Labute approximate surface area is 153 Å². The molecule has 0 unspecified atom stereocenters. The van der Waals surface area contributed by atoms with E-state index in [1.54, 1.807) is 17.4 Å². The van der Waals surface area contributed by atoms with Crippen LogP contribution in [0.15, 0.2) is 24.3 Å². The molecule has 2 aromatic rings. The van der Waals surface area contributed by atoms with Gasteiger partial charge in [-0.05, 0) is 30.5 Å². The highest BCUT2D eigenvalue weighted by atomic mass is 32.1. The molecule has 0 saturated carbocycles. The van der Waals surface area contributed by atoms with Gasteiger partial charge in [0.2, 0.25) is 5.13 Å². The molecule has 0 aliphatic rings. The van der Waals surface area contributed by atoms with E-state index >= 15 is 0 Å². The number of anilines is 1. The summed E-state index contributed by atoms with van der Waals surface area (Å²) in [4.78, 5) is 10.1. The third-order valence-corrected chi connectivity index (χ3v) is 3.93. The van der Waals surface area contributed by atoms with Gasteiger partial charge in [0.15, 0.2) is 0 Å². The molecule has 0 bridgehead atoms. The predicted molar refractivity (Wildman–Crippen MR) is 92.4 cm³/mol. The van der Waals surface area contributed by atoms with Gasteiger partial charge in [-0.3, -0.25) is 0 Å². The first kappa shape index (κ1) is 21.8. The Hall–Kier alpha value is -2.20. The fourth-order valence-corrected chi connectivity index (χ4v) is 2.54. The Morgan fingerprint density at radius 2 is 2.08 bits per heavy atom. The minimum atomic E-state index is -4.69. The zero-order valence-electron chi connectivity index (χ0n) is 14.1. The first-order valence-electron chi connectivity index (χ1n) is 7.77. The summed E-state index contributed by atoms with van der Waals surface area (Å²) >= 11 is 1.57. The number of hydrogen-bond donors (Lipinski definition) is 2. The Morgan fingerprint density at radius 3 is 2.65 bits per heavy atom. The fraction of sp³-hybridized carbons (Fsp3) is 0.438. The Balaban J connectivity index is 0.000000263. The molecule has 6 nitrogen and oxygen atoms in total. The quantitative estimate of drug-likeness (QED) is 0.531. The summed E-state index contributed by atoms with van der Waals surface area (Å²) < 4.78 is 39.0. The monoisotopic (exact) mass is 391 g/mol. The lowest BCUT2D eigenvalue weighted by Gasteiger charge is -2.08. The van der Waals surface area contributed by atoms with E-state index in [-0.39, 0.29) is 18.8 Å². The normalized spacial score (nSPS) is 10.7. The van der Waals surface area contributed by atoms with Gasteiger partial charge in [0.1, 0.15) is 17.0 Å². The smallest absolute Gasteiger partial charge is 0.406 e. The number of hydrogen-bond acceptors (Lipinski definition) is 7. The molecule has 0 radical (unpaired) electrons. The van der Waals surface area contributed by atoms with Crippen LogP contribution in [0, 0.1) is 0 Å². The maximum absolute atomic E-state index is 11.8. The number of aryl methyl sites for hydroxylation is 1. The maximum Gasteiger partial charge on any atom is 0.573 e. The number of halogens is 3. The Morgan fingerprint density at radius 1 is 1.31 bits per heavy atom. The third-order valence-electron chi connectivity index (χ3n) is 2.93. The van der Waals surface area contributed by atoms with Gasteiger partial charge in [0, 0.05) is 26.5 Å². The van der Waals surface area contributed by atoms with Crippen molar-refractivity contribution in [1.29, 1.82) is 0 Å². The molecule has 0 atom stereocenters. The average Bonchev–Trinajstić information content (AvgIpc) is 3.03. The van der Waals surface area contributed by atoms with Crippen LogP contribution in [0.2, 0.25) is 0 Å². The molecule has 0 spiro atoms. The number of unbranched alkanes of at least 4 members (excludes halogenated alkanes) is 1. The van der Waals surface area contributed by atoms with Crippen molar-refractivity contribution in [3.05, 3.63) is 34.8 Å². The molecule has 0 amide bonds. The Kier molecular flexibility index (Phi) is 9.60. The molecular formula is C16H20F3N3O3S. The first-order valence-corrected chi connectivity index (χ1v) is 8.59. The van der Waals surface area contributed by atoms with Gasteiger partial charge >= 0.3 is 6.36 Å². The highest BCUT2D eigenvalue weighted by Crippen LogP contribution is 2.23. The van der Waals surface area contributed by atoms with Crippen molar-refractivity contribution in [1.82, 2.24) is 10.2 Å². The number of carbonyl (C=O) groups excluding carboxylic acids is 1. The van der Waals surface area contributed by atoms with E-state index in [4.69, 9.17) is 5.11 Å². The van der Waals surface area contributed by atoms with Gasteiger partial charge in [0.25, 0.3) is 0 Å². The van der Waals surface area contributed by atoms with Crippen LogP contribution < -0.4 is 10.1 Å². The van der Waals surface area contributed by atoms with Crippen molar-refractivity contribution in [3.8, 4) is 5.75 Å². The molecule has 0 fully saturated rings. The summed E-state index contributed by atoms with van der Waals surface area (Å²) in [5, 5.41) is 21.3. The van der Waals surface area contributed by atoms with E-state index < -0.39 is 6.36 Å². The van der Waals surface area contributed by atoms with Crippen LogP contribution in [0.1, 0.15) is 23.4 Å². The summed E-state index contributed by atoms with van der Waals surface area (Å²) in [5.41, 5.74) is 0.488. The number of ether oxygens (including phenoxy) is 1. The predicted octanol–water partition coefficient (Wildman–Crippen LogP) is 3.22. The summed E-state index contributed by atoms with van der Waals surface area (Å²) in [5.74, 6) is -0.308. The molecule has 2 rings (SSSR count). The van der Waals surface area contributed by atoms with E-state index in [1.165, 1.54) is 18.2 Å². The molecule has 0 aliphatic heterocycles. The molecule has 26 heavy (non-hydrogen) atoms. The van der Waals surface area contributed by atoms with Crippen LogP contribution in [0.5, 0.6) is 5.75 Å². The van der Waals surface area contributed by atoms with Gasteiger partial charge in [0.05, 0.1) is 0 Å². The molecule has 10 heteroatoms.